The molecule has 0 aliphatic carbocycles. The first-order valence-corrected chi connectivity index (χ1v) is 8.07. The third kappa shape index (κ3) is 7.38. The average molecular weight is 254 g/mol. The SMILES string of the molecule is CCNCCCCCCN1CCCC(C)(C)CC1. The Balaban J connectivity index is 1.99. The van der Waals surface area contributed by atoms with E-state index in [1.807, 2.05) is 0 Å². The van der Waals surface area contributed by atoms with E-state index < -0.39 is 0 Å². The second kappa shape index (κ2) is 8.92. The number of nitrogens with one attached hydrogen (secondary N) is 1. The number of hydrogen-bond donors (Lipinski definition) is 1. The summed E-state index contributed by atoms with van der Waals surface area (Å²) in [4.78, 5) is 2.69. The number of hydrogen-bond acceptors (Lipinski definition) is 2. The van der Waals surface area contributed by atoms with Gasteiger partial charge in [-0.2, -0.15) is 0 Å². The van der Waals surface area contributed by atoms with Crippen molar-refractivity contribution in [2.24, 2.45) is 5.41 Å². The van der Waals surface area contributed by atoms with Crippen molar-refractivity contribution in [3.8, 4) is 0 Å². The van der Waals surface area contributed by atoms with Crippen LogP contribution in [0.2, 0.25) is 0 Å². The summed E-state index contributed by atoms with van der Waals surface area (Å²) in [5.41, 5.74) is 0.584. The normalized spacial score (nSPS) is 20.8. The fraction of sp³-hybridized carbons (Fsp3) is 1.00. The first-order chi connectivity index (χ1) is 8.64. The van der Waals surface area contributed by atoms with Crippen LogP contribution in [0.15, 0.2) is 0 Å². The van der Waals surface area contributed by atoms with Crippen LogP contribution >= 0.6 is 0 Å². The molecule has 1 aliphatic rings. The van der Waals surface area contributed by atoms with E-state index >= 15 is 0 Å². The topological polar surface area (TPSA) is 15.3 Å². The summed E-state index contributed by atoms with van der Waals surface area (Å²) in [7, 11) is 0. The minimum atomic E-state index is 0.584. The lowest BCUT2D eigenvalue weighted by atomic mass is 9.85. The van der Waals surface area contributed by atoms with Crippen molar-refractivity contribution in [1.29, 1.82) is 0 Å². The van der Waals surface area contributed by atoms with E-state index in [1.54, 1.807) is 0 Å². The Morgan fingerprint density at radius 3 is 2.56 bits per heavy atom. The Bertz CT molecular complexity index is 201. The zero-order valence-electron chi connectivity index (χ0n) is 12.9. The van der Waals surface area contributed by atoms with Gasteiger partial charge in [0.15, 0.2) is 0 Å². The van der Waals surface area contributed by atoms with Crippen molar-refractivity contribution < 1.29 is 0 Å². The van der Waals surface area contributed by atoms with Crippen LogP contribution in [0.3, 0.4) is 0 Å². The van der Waals surface area contributed by atoms with Crippen molar-refractivity contribution in [3.05, 3.63) is 0 Å². The van der Waals surface area contributed by atoms with Gasteiger partial charge in [0.25, 0.3) is 0 Å². The number of likely N-dealkylation sites (tertiary alicyclic amines) is 1. The van der Waals surface area contributed by atoms with Gasteiger partial charge in [-0.1, -0.05) is 33.6 Å². The van der Waals surface area contributed by atoms with Crippen LogP contribution in [-0.4, -0.2) is 37.6 Å². The molecule has 1 N–H and O–H groups in total. The van der Waals surface area contributed by atoms with Crippen molar-refractivity contribution in [2.45, 2.75) is 65.7 Å². The van der Waals surface area contributed by atoms with Crippen LogP contribution in [0.25, 0.3) is 0 Å². The van der Waals surface area contributed by atoms with E-state index in [2.05, 4.69) is 31.0 Å². The van der Waals surface area contributed by atoms with E-state index in [1.165, 1.54) is 71.1 Å². The highest BCUT2D eigenvalue weighted by molar-refractivity contribution is 4.76. The van der Waals surface area contributed by atoms with E-state index in [4.69, 9.17) is 0 Å². The van der Waals surface area contributed by atoms with E-state index in [0.29, 0.717) is 5.41 Å². The quantitative estimate of drug-likeness (QED) is 0.665. The first-order valence-electron chi connectivity index (χ1n) is 8.07. The molecule has 2 nitrogen and oxygen atoms in total. The molecule has 0 unspecified atom stereocenters. The summed E-state index contributed by atoms with van der Waals surface area (Å²) in [5.74, 6) is 0. The van der Waals surface area contributed by atoms with Gasteiger partial charge in [0.1, 0.15) is 0 Å². The molecule has 18 heavy (non-hydrogen) atoms. The van der Waals surface area contributed by atoms with Crippen molar-refractivity contribution in [1.82, 2.24) is 10.2 Å². The molecule has 0 atom stereocenters. The van der Waals surface area contributed by atoms with Gasteiger partial charge >= 0.3 is 0 Å². The minimum Gasteiger partial charge on any atom is -0.317 e. The molecule has 0 radical (unpaired) electrons. The second-order valence-corrected chi connectivity index (χ2v) is 6.63. The molecule has 108 valence electrons. The van der Waals surface area contributed by atoms with E-state index in [0.717, 1.165) is 6.54 Å². The molecule has 1 fully saturated rings. The van der Waals surface area contributed by atoms with Crippen LogP contribution in [0.4, 0.5) is 0 Å². The van der Waals surface area contributed by atoms with E-state index in [-0.39, 0.29) is 0 Å². The highest BCUT2D eigenvalue weighted by atomic mass is 15.1. The Morgan fingerprint density at radius 2 is 1.78 bits per heavy atom. The standard InChI is InChI=1S/C16H34N2/c1-4-17-12-7-5-6-8-13-18-14-9-10-16(2,3)11-15-18/h17H,4-15H2,1-3H3. The molecule has 2 heteroatoms. The third-order valence-electron chi connectivity index (χ3n) is 4.26. The molecule has 0 aromatic rings. The Morgan fingerprint density at radius 1 is 1.00 bits per heavy atom. The maximum absolute atomic E-state index is 3.40. The molecule has 1 aliphatic heterocycles. The van der Waals surface area contributed by atoms with Gasteiger partial charge in [0, 0.05) is 0 Å². The molecule has 0 spiro atoms. The highest BCUT2D eigenvalue weighted by Gasteiger charge is 2.22. The largest absolute Gasteiger partial charge is 0.317 e. The molecule has 1 saturated heterocycles. The van der Waals surface area contributed by atoms with Gasteiger partial charge in [0.2, 0.25) is 0 Å². The summed E-state index contributed by atoms with van der Waals surface area (Å²) >= 11 is 0. The fourth-order valence-electron chi connectivity index (χ4n) is 2.82. The average Bonchev–Trinajstić information content (AvgIpc) is 2.50. The predicted molar refractivity (Wildman–Crippen MR) is 81.1 cm³/mol. The van der Waals surface area contributed by atoms with Gasteiger partial charge in [-0.15, -0.1) is 0 Å². The lowest BCUT2D eigenvalue weighted by Gasteiger charge is -2.23. The lowest BCUT2D eigenvalue weighted by Crippen LogP contribution is -2.26. The maximum Gasteiger partial charge on any atom is -0.00136 e. The highest BCUT2D eigenvalue weighted by Crippen LogP contribution is 2.29. The monoisotopic (exact) mass is 254 g/mol. The fourth-order valence-corrected chi connectivity index (χ4v) is 2.82. The summed E-state index contributed by atoms with van der Waals surface area (Å²) in [6.07, 6.45) is 9.73. The van der Waals surface area contributed by atoms with Crippen molar-refractivity contribution in [3.63, 3.8) is 0 Å². The summed E-state index contributed by atoms with van der Waals surface area (Å²) < 4.78 is 0. The van der Waals surface area contributed by atoms with Crippen LogP contribution < -0.4 is 5.32 Å². The van der Waals surface area contributed by atoms with Gasteiger partial charge in [-0.05, 0) is 70.2 Å². The second-order valence-electron chi connectivity index (χ2n) is 6.63. The van der Waals surface area contributed by atoms with Crippen LogP contribution in [-0.2, 0) is 0 Å². The van der Waals surface area contributed by atoms with Crippen LogP contribution in [0, 0.1) is 5.41 Å². The molecule has 0 saturated carbocycles. The maximum atomic E-state index is 3.40. The Kier molecular flexibility index (Phi) is 7.92. The van der Waals surface area contributed by atoms with Gasteiger partial charge in [-0.3, -0.25) is 0 Å². The minimum absolute atomic E-state index is 0.584. The van der Waals surface area contributed by atoms with Gasteiger partial charge in [0.05, 0.1) is 0 Å². The molecular formula is C16H34N2. The number of nitrogens with zero attached hydrogens (tertiary/aromatic N) is 1. The van der Waals surface area contributed by atoms with E-state index in [9.17, 15) is 0 Å². The van der Waals surface area contributed by atoms with Crippen LogP contribution in [0.5, 0.6) is 0 Å². The smallest absolute Gasteiger partial charge is 0.00136 e. The summed E-state index contributed by atoms with van der Waals surface area (Å²) in [6.45, 7) is 13.3. The van der Waals surface area contributed by atoms with Gasteiger partial charge in [-0.25, -0.2) is 0 Å². The summed E-state index contributed by atoms with van der Waals surface area (Å²) in [6, 6.07) is 0. The first kappa shape index (κ1) is 16.0. The van der Waals surface area contributed by atoms with Crippen molar-refractivity contribution >= 4 is 0 Å². The summed E-state index contributed by atoms with van der Waals surface area (Å²) in [5, 5.41) is 3.40. The van der Waals surface area contributed by atoms with Crippen molar-refractivity contribution in [2.75, 3.05) is 32.7 Å². The van der Waals surface area contributed by atoms with Gasteiger partial charge < -0.3 is 10.2 Å². The predicted octanol–water partition coefficient (Wildman–Crippen LogP) is 3.67. The molecule has 1 heterocycles. The Hall–Kier alpha value is -0.0800. The molecule has 0 bridgehead atoms. The molecule has 0 aromatic carbocycles. The zero-order valence-corrected chi connectivity index (χ0v) is 12.9. The molecule has 0 amide bonds. The number of rotatable bonds is 8. The third-order valence-corrected chi connectivity index (χ3v) is 4.26. The molecule has 0 aromatic heterocycles. The zero-order chi connectivity index (χ0) is 13.3. The lowest BCUT2D eigenvalue weighted by molar-refractivity contribution is 0.257. The molecular weight excluding hydrogens is 220 g/mol. The number of unbranched alkanes of at least 4 members (excludes halogenated alkanes) is 3. The Labute approximate surface area is 115 Å². The molecule has 1 rings (SSSR count). The van der Waals surface area contributed by atoms with Crippen LogP contribution in [0.1, 0.15) is 65.7 Å².